The third kappa shape index (κ3) is 4.77. The minimum absolute atomic E-state index is 0.0994. The predicted octanol–water partition coefficient (Wildman–Crippen LogP) is 4.92. The first kappa shape index (κ1) is 21.3. The van der Waals surface area contributed by atoms with Crippen molar-refractivity contribution in [2.24, 2.45) is 0 Å². The first-order valence-electron chi connectivity index (χ1n) is 9.86. The van der Waals surface area contributed by atoms with Gasteiger partial charge in [0.15, 0.2) is 14.6 Å². The molecule has 2 fully saturated rings. The van der Waals surface area contributed by atoms with Crippen molar-refractivity contribution in [2.75, 3.05) is 6.61 Å². The van der Waals surface area contributed by atoms with Crippen LogP contribution in [0, 0.1) is 0 Å². The second-order valence-electron chi connectivity index (χ2n) is 8.89. The standard InChI is InChI=1S/C22H32O5Si/c1-7-13-23-19-14-17(27-28(5,6)22(2,3)4)20-18(25-19)15-24-21(26-20)16-11-9-8-10-12-16/h8-13,17-21H,1,14-15H2,2-6H3/t17-,18+,19-,20-,21?/m0/s1. The van der Waals surface area contributed by atoms with Crippen molar-refractivity contribution < 1.29 is 23.4 Å². The quantitative estimate of drug-likeness (QED) is 0.396. The van der Waals surface area contributed by atoms with Crippen molar-refractivity contribution in [3.05, 3.63) is 54.5 Å². The fourth-order valence-corrected chi connectivity index (χ4v) is 4.57. The lowest BCUT2D eigenvalue weighted by Crippen LogP contribution is -2.59. The largest absolute Gasteiger partial charge is 0.464 e. The van der Waals surface area contributed by atoms with E-state index in [0.717, 1.165) is 5.56 Å². The van der Waals surface area contributed by atoms with Crippen LogP contribution < -0.4 is 0 Å². The lowest BCUT2D eigenvalue weighted by Gasteiger charge is -2.49. The molecule has 1 aromatic rings. The van der Waals surface area contributed by atoms with Crippen molar-refractivity contribution in [2.45, 2.75) is 76.2 Å². The number of benzene rings is 1. The Labute approximate surface area is 169 Å². The fourth-order valence-electron chi connectivity index (χ4n) is 3.23. The van der Waals surface area contributed by atoms with E-state index in [0.29, 0.717) is 13.0 Å². The van der Waals surface area contributed by atoms with Gasteiger partial charge >= 0.3 is 0 Å². The molecule has 2 heterocycles. The molecule has 2 aliphatic heterocycles. The summed E-state index contributed by atoms with van der Waals surface area (Å²) in [7, 11) is -2.00. The van der Waals surface area contributed by atoms with Crippen molar-refractivity contribution >= 4 is 8.32 Å². The highest BCUT2D eigenvalue weighted by Crippen LogP contribution is 2.41. The Hall–Kier alpha value is -1.40. The van der Waals surface area contributed by atoms with Gasteiger partial charge in [-0.25, -0.2) is 0 Å². The summed E-state index contributed by atoms with van der Waals surface area (Å²) in [4.78, 5) is 0. The van der Waals surface area contributed by atoms with Crippen LogP contribution >= 0.6 is 0 Å². The number of hydrogen-bond acceptors (Lipinski definition) is 5. The first-order valence-corrected chi connectivity index (χ1v) is 12.8. The molecule has 1 aromatic carbocycles. The van der Waals surface area contributed by atoms with Gasteiger partial charge in [-0.1, -0.05) is 63.4 Å². The van der Waals surface area contributed by atoms with E-state index in [2.05, 4.69) is 46.2 Å². The highest BCUT2D eigenvalue weighted by molar-refractivity contribution is 6.74. The Kier molecular flexibility index (Phi) is 6.50. The molecule has 0 saturated carbocycles. The zero-order valence-corrected chi connectivity index (χ0v) is 18.5. The van der Waals surface area contributed by atoms with Crippen LogP contribution in [0.15, 0.2) is 48.9 Å². The van der Waals surface area contributed by atoms with Crippen LogP contribution in [-0.2, 0) is 23.4 Å². The smallest absolute Gasteiger partial charge is 0.202 e. The van der Waals surface area contributed by atoms with Crippen molar-refractivity contribution in [1.29, 1.82) is 0 Å². The molecule has 0 N–H and O–H groups in total. The van der Waals surface area contributed by atoms with Gasteiger partial charge in [-0.2, -0.15) is 0 Å². The molecular formula is C22H32O5Si. The van der Waals surface area contributed by atoms with Crippen LogP contribution in [0.4, 0.5) is 0 Å². The Morgan fingerprint density at radius 2 is 1.89 bits per heavy atom. The van der Waals surface area contributed by atoms with Gasteiger partial charge in [0.25, 0.3) is 0 Å². The van der Waals surface area contributed by atoms with Gasteiger partial charge in [0, 0.05) is 12.0 Å². The molecule has 5 nitrogen and oxygen atoms in total. The Bertz CT molecular complexity index is 693. The van der Waals surface area contributed by atoms with Crippen molar-refractivity contribution in [3.8, 4) is 0 Å². The Balaban J connectivity index is 1.81. The van der Waals surface area contributed by atoms with Gasteiger partial charge in [-0.3, -0.25) is 0 Å². The average Bonchev–Trinajstić information content (AvgIpc) is 2.65. The van der Waals surface area contributed by atoms with Gasteiger partial charge in [-0.15, -0.1) is 0 Å². The molecule has 0 bridgehead atoms. The van der Waals surface area contributed by atoms with Gasteiger partial charge in [0.1, 0.15) is 18.5 Å². The van der Waals surface area contributed by atoms with Gasteiger partial charge in [0.2, 0.25) is 6.29 Å². The molecule has 154 valence electrons. The normalized spacial score (nSPS) is 30.8. The van der Waals surface area contributed by atoms with Crippen LogP contribution in [0.2, 0.25) is 18.1 Å². The molecule has 2 saturated heterocycles. The van der Waals surface area contributed by atoms with E-state index in [1.54, 1.807) is 0 Å². The molecule has 28 heavy (non-hydrogen) atoms. The zero-order chi connectivity index (χ0) is 20.4. The SMILES string of the molecule is C=C=CO[C@@H]1C[C@H](O[Si](C)(C)C(C)(C)C)[C@@H]2OC(c3ccccc3)OC[C@H]2O1. The zero-order valence-electron chi connectivity index (χ0n) is 17.5. The molecule has 0 spiro atoms. The summed E-state index contributed by atoms with van der Waals surface area (Å²) in [5, 5.41) is 0.0994. The average molecular weight is 405 g/mol. The summed E-state index contributed by atoms with van der Waals surface area (Å²) in [5.41, 5.74) is 3.63. The summed E-state index contributed by atoms with van der Waals surface area (Å²) < 4.78 is 30.8. The highest BCUT2D eigenvalue weighted by atomic mass is 28.4. The number of hydrogen-bond donors (Lipinski definition) is 0. The maximum atomic E-state index is 6.76. The lowest BCUT2D eigenvalue weighted by atomic mass is 10.0. The molecule has 1 unspecified atom stereocenters. The van der Waals surface area contributed by atoms with Crippen LogP contribution in [0.25, 0.3) is 0 Å². The second-order valence-corrected chi connectivity index (χ2v) is 13.6. The summed E-state index contributed by atoms with van der Waals surface area (Å²) in [6.07, 6.45) is 0.608. The number of ether oxygens (including phenoxy) is 4. The lowest BCUT2D eigenvalue weighted by molar-refractivity contribution is -0.329. The highest BCUT2D eigenvalue weighted by Gasteiger charge is 2.49. The molecule has 0 aliphatic carbocycles. The fraction of sp³-hybridized carbons (Fsp3) is 0.591. The van der Waals surface area contributed by atoms with Gasteiger partial charge < -0.3 is 23.4 Å². The van der Waals surface area contributed by atoms with Crippen LogP contribution in [-0.4, -0.2) is 39.5 Å². The molecule has 0 aromatic heterocycles. The molecule has 0 radical (unpaired) electrons. The maximum Gasteiger partial charge on any atom is 0.202 e. The third-order valence-electron chi connectivity index (χ3n) is 5.80. The van der Waals surface area contributed by atoms with Gasteiger partial charge in [0.05, 0.1) is 12.7 Å². The molecule has 2 aliphatic rings. The summed E-state index contributed by atoms with van der Waals surface area (Å²) in [5.74, 6) is 0. The predicted molar refractivity (Wildman–Crippen MR) is 110 cm³/mol. The maximum absolute atomic E-state index is 6.76. The van der Waals surface area contributed by atoms with Crippen LogP contribution in [0.1, 0.15) is 39.0 Å². The molecular weight excluding hydrogens is 372 g/mol. The number of rotatable bonds is 5. The van der Waals surface area contributed by atoms with E-state index in [9.17, 15) is 0 Å². The van der Waals surface area contributed by atoms with E-state index < -0.39 is 20.9 Å². The molecule has 3 rings (SSSR count). The second kappa shape index (κ2) is 8.53. The summed E-state index contributed by atoms with van der Waals surface area (Å²) >= 11 is 0. The number of fused-ring (bicyclic) bond motifs is 1. The summed E-state index contributed by atoms with van der Waals surface area (Å²) in [6, 6.07) is 9.98. The Morgan fingerprint density at radius 1 is 1.18 bits per heavy atom. The molecule has 0 amide bonds. The van der Waals surface area contributed by atoms with Crippen molar-refractivity contribution in [1.82, 2.24) is 0 Å². The first-order chi connectivity index (χ1) is 13.2. The van der Waals surface area contributed by atoms with E-state index >= 15 is 0 Å². The van der Waals surface area contributed by atoms with Crippen LogP contribution in [0.3, 0.4) is 0 Å². The molecule has 5 atom stereocenters. The Morgan fingerprint density at radius 3 is 2.54 bits per heavy atom. The van der Waals surface area contributed by atoms with Crippen molar-refractivity contribution in [3.63, 3.8) is 0 Å². The summed E-state index contributed by atoms with van der Waals surface area (Å²) in [6.45, 7) is 15.2. The van der Waals surface area contributed by atoms with E-state index in [1.807, 2.05) is 30.3 Å². The molecule has 6 heteroatoms. The van der Waals surface area contributed by atoms with E-state index in [-0.39, 0.29) is 23.4 Å². The topological polar surface area (TPSA) is 46.2 Å². The van der Waals surface area contributed by atoms with Crippen LogP contribution in [0.5, 0.6) is 0 Å². The minimum atomic E-state index is -2.00. The van der Waals surface area contributed by atoms with E-state index in [4.69, 9.17) is 23.4 Å². The van der Waals surface area contributed by atoms with Gasteiger partial charge in [-0.05, 0) is 18.1 Å². The monoisotopic (exact) mass is 404 g/mol. The minimum Gasteiger partial charge on any atom is -0.464 e. The van der Waals surface area contributed by atoms with E-state index in [1.165, 1.54) is 6.26 Å². The third-order valence-corrected chi connectivity index (χ3v) is 10.3.